The van der Waals surface area contributed by atoms with Crippen molar-refractivity contribution in [1.29, 1.82) is 0 Å². The summed E-state index contributed by atoms with van der Waals surface area (Å²) in [5, 5.41) is 0. The van der Waals surface area contributed by atoms with Crippen molar-refractivity contribution in [1.82, 2.24) is 0 Å². The van der Waals surface area contributed by atoms with Crippen LogP contribution in [0.3, 0.4) is 0 Å². The molecule has 1 aromatic carbocycles. The van der Waals surface area contributed by atoms with Gasteiger partial charge in [0.15, 0.2) is 0 Å². The second-order valence-electron chi connectivity index (χ2n) is 3.29. The van der Waals surface area contributed by atoms with Crippen LogP contribution >= 0.6 is 0 Å². The van der Waals surface area contributed by atoms with Crippen LogP contribution in [0.1, 0.15) is 11.1 Å². The lowest BCUT2D eigenvalue weighted by Crippen LogP contribution is -1.94. The molecule has 1 aromatic rings. The van der Waals surface area contributed by atoms with Gasteiger partial charge >= 0.3 is 5.97 Å². The monoisotopic (exact) mass is 204 g/mol. The molecular weight excluding hydrogens is 192 g/mol. The van der Waals surface area contributed by atoms with Crippen molar-refractivity contribution in [3.05, 3.63) is 35.4 Å². The van der Waals surface area contributed by atoms with E-state index in [4.69, 9.17) is 4.74 Å². The zero-order valence-corrected chi connectivity index (χ0v) is 8.53. The quantitative estimate of drug-likeness (QED) is 0.544. The number of carbonyl (C=O) groups excluding carboxylic acids is 1. The van der Waals surface area contributed by atoms with Gasteiger partial charge in [-0.3, -0.25) is 0 Å². The molecule has 0 aromatic heterocycles. The highest BCUT2D eigenvalue weighted by molar-refractivity contribution is 5.87. The molecule has 0 aliphatic carbocycles. The number of ether oxygens (including phenoxy) is 2. The summed E-state index contributed by atoms with van der Waals surface area (Å²) in [5.41, 5.74) is 2.12. The van der Waals surface area contributed by atoms with E-state index in [0.717, 1.165) is 24.3 Å². The largest absolute Gasteiger partial charge is 0.492 e. The minimum atomic E-state index is -0.356. The number of carbonyl (C=O) groups is 1. The number of hydrogen-bond donors (Lipinski definition) is 0. The van der Waals surface area contributed by atoms with Crippen molar-refractivity contribution in [3.63, 3.8) is 0 Å². The summed E-state index contributed by atoms with van der Waals surface area (Å²) in [6, 6.07) is 5.92. The summed E-state index contributed by atoms with van der Waals surface area (Å²) >= 11 is 0. The predicted molar refractivity (Wildman–Crippen MR) is 56.7 cm³/mol. The number of hydrogen-bond acceptors (Lipinski definition) is 3. The predicted octanol–water partition coefficient (Wildman–Crippen LogP) is 1.81. The first-order valence-electron chi connectivity index (χ1n) is 4.82. The summed E-state index contributed by atoms with van der Waals surface area (Å²) < 4.78 is 10.0. The summed E-state index contributed by atoms with van der Waals surface area (Å²) in [5.74, 6) is 0.531. The van der Waals surface area contributed by atoms with E-state index in [2.05, 4.69) is 4.74 Å². The SMILES string of the molecule is COC(=O)/C=C/c1cccc2c1OCC2. The molecule has 78 valence electrons. The molecule has 0 N–H and O–H groups in total. The Balaban J connectivity index is 2.26. The first kappa shape index (κ1) is 9.77. The van der Waals surface area contributed by atoms with E-state index in [-0.39, 0.29) is 5.97 Å². The van der Waals surface area contributed by atoms with Crippen molar-refractivity contribution in [2.45, 2.75) is 6.42 Å². The highest BCUT2D eigenvalue weighted by Crippen LogP contribution is 2.30. The minimum Gasteiger partial charge on any atom is -0.492 e. The molecule has 1 aliphatic heterocycles. The molecule has 0 spiro atoms. The standard InChI is InChI=1S/C12H12O3/c1-14-11(13)6-5-9-3-2-4-10-7-8-15-12(9)10/h2-6H,7-8H2,1H3/b6-5+. The first-order valence-corrected chi connectivity index (χ1v) is 4.82. The second kappa shape index (κ2) is 4.17. The Labute approximate surface area is 88.3 Å². The second-order valence-corrected chi connectivity index (χ2v) is 3.29. The van der Waals surface area contributed by atoms with Crippen molar-refractivity contribution in [3.8, 4) is 5.75 Å². The molecule has 3 nitrogen and oxygen atoms in total. The van der Waals surface area contributed by atoms with Gasteiger partial charge < -0.3 is 9.47 Å². The Morgan fingerprint density at radius 1 is 1.53 bits per heavy atom. The van der Waals surface area contributed by atoms with E-state index in [1.165, 1.54) is 18.7 Å². The van der Waals surface area contributed by atoms with Gasteiger partial charge in [-0.05, 0) is 11.6 Å². The molecule has 2 rings (SSSR count). The highest BCUT2D eigenvalue weighted by Gasteiger charge is 2.14. The molecular formula is C12H12O3. The number of para-hydroxylation sites is 1. The Morgan fingerprint density at radius 3 is 3.20 bits per heavy atom. The van der Waals surface area contributed by atoms with E-state index in [0.29, 0.717) is 0 Å². The van der Waals surface area contributed by atoms with Crippen LogP contribution in [0, 0.1) is 0 Å². The van der Waals surface area contributed by atoms with Crippen molar-refractivity contribution in [2.75, 3.05) is 13.7 Å². The third kappa shape index (κ3) is 2.01. The molecule has 15 heavy (non-hydrogen) atoms. The van der Waals surface area contributed by atoms with E-state index >= 15 is 0 Å². The van der Waals surface area contributed by atoms with E-state index < -0.39 is 0 Å². The molecule has 0 atom stereocenters. The van der Waals surface area contributed by atoms with Crippen LogP contribution in [0.25, 0.3) is 6.08 Å². The molecule has 0 bridgehead atoms. The number of rotatable bonds is 2. The fraction of sp³-hybridized carbons (Fsp3) is 0.250. The van der Waals surface area contributed by atoms with Crippen LogP contribution in [0.15, 0.2) is 24.3 Å². The van der Waals surface area contributed by atoms with Gasteiger partial charge in [0.05, 0.1) is 13.7 Å². The number of fused-ring (bicyclic) bond motifs is 1. The van der Waals surface area contributed by atoms with Gasteiger partial charge in [-0.2, -0.15) is 0 Å². The van der Waals surface area contributed by atoms with Crippen LogP contribution in [0.2, 0.25) is 0 Å². The average molecular weight is 204 g/mol. The lowest BCUT2D eigenvalue weighted by molar-refractivity contribution is -0.134. The third-order valence-electron chi connectivity index (χ3n) is 2.34. The minimum absolute atomic E-state index is 0.356. The molecule has 0 radical (unpaired) electrons. The van der Waals surface area contributed by atoms with E-state index in [1.807, 2.05) is 18.2 Å². The van der Waals surface area contributed by atoms with Crippen molar-refractivity contribution < 1.29 is 14.3 Å². The molecule has 3 heteroatoms. The van der Waals surface area contributed by atoms with Crippen LogP contribution in [0.5, 0.6) is 5.75 Å². The number of esters is 1. The van der Waals surface area contributed by atoms with E-state index in [1.54, 1.807) is 6.08 Å². The fourth-order valence-corrected chi connectivity index (χ4v) is 1.60. The van der Waals surface area contributed by atoms with Gasteiger partial charge in [0, 0.05) is 18.1 Å². The topological polar surface area (TPSA) is 35.5 Å². The van der Waals surface area contributed by atoms with Gasteiger partial charge in [0.1, 0.15) is 5.75 Å². The molecule has 1 aliphatic rings. The summed E-state index contributed by atoms with van der Waals surface area (Å²) in [6.45, 7) is 0.721. The molecule has 1 heterocycles. The van der Waals surface area contributed by atoms with Crippen LogP contribution in [-0.4, -0.2) is 19.7 Å². The maximum absolute atomic E-state index is 10.9. The average Bonchev–Trinajstić information content (AvgIpc) is 2.74. The molecule has 0 fully saturated rings. The Bertz CT molecular complexity index is 407. The summed E-state index contributed by atoms with van der Waals surface area (Å²) in [4.78, 5) is 10.9. The zero-order chi connectivity index (χ0) is 10.7. The number of benzene rings is 1. The van der Waals surface area contributed by atoms with Gasteiger partial charge in [-0.15, -0.1) is 0 Å². The Kier molecular flexibility index (Phi) is 2.72. The Morgan fingerprint density at radius 2 is 2.40 bits per heavy atom. The van der Waals surface area contributed by atoms with Gasteiger partial charge in [0.25, 0.3) is 0 Å². The maximum atomic E-state index is 10.9. The smallest absolute Gasteiger partial charge is 0.330 e. The van der Waals surface area contributed by atoms with Gasteiger partial charge in [-0.25, -0.2) is 4.79 Å². The highest BCUT2D eigenvalue weighted by atomic mass is 16.5. The van der Waals surface area contributed by atoms with Gasteiger partial charge in [-0.1, -0.05) is 18.2 Å². The van der Waals surface area contributed by atoms with Crippen LogP contribution < -0.4 is 4.74 Å². The Hall–Kier alpha value is -1.77. The van der Waals surface area contributed by atoms with Crippen molar-refractivity contribution in [2.24, 2.45) is 0 Å². The first-order chi connectivity index (χ1) is 7.31. The lowest BCUT2D eigenvalue weighted by Gasteiger charge is -2.02. The van der Waals surface area contributed by atoms with Crippen molar-refractivity contribution >= 4 is 12.0 Å². The normalized spacial score (nSPS) is 13.7. The van der Waals surface area contributed by atoms with Gasteiger partial charge in [0.2, 0.25) is 0 Å². The number of methoxy groups -OCH3 is 1. The van der Waals surface area contributed by atoms with E-state index in [9.17, 15) is 4.79 Å². The van der Waals surface area contributed by atoms with Crippen LogP contribution in [0.4, 0.5) is 0 Å². The summed E-state index contributed by atoms with van der Waals surface area (Å²) in [6.07, 6.45) is 4.06. The maximum Gasteiger partial charge on any atom is 0.330 e. The molecule has 0 amide bonds. The van der Waals surface area contributed by atoms with Crippen LogP contribution in [-0.2, 0) is 16.0 Å². The zero-order valence-electron chi connectivity index (χ0n) is 8.53. The molecule has 0 saturated heterocycles. The summed E-state index contributed by atoms with van der Waals surface area (Å²) in [7, 11) is 1.36. The fourth-order valence-electron chi connectivity index (χ4n) is 1.60. The lowest BCUT2D eigenvalue weighted by atomic mass is 10.1. The third-order valence-corrected chi connectivity index (χ3v) is 2.34. The molecule has 0 saturated carbocycles. The molecule has 0 unspecified atom stereocenters.